The second-order valence-electron chi connectivity index (χ2n) is 3.37. The summed E-state index contributed by atoms with van der Waals surface area (Å²) in [4.78, 5) is 21.4. The van der Waals surface area contributed by atoms with E-state index in [4.69, 9.17) is 0 Å². The van der Waals surface area contributed by atoms with Crippen LogP contribution in [-0.4, -0.2) is 27.7 Å². The number of hydrogen-bond acceptors (Lipinski definition) is 5. The number of halogens is 1. The molecular weight excluding hydrogens is 340 g/mol. The van der Waals surface area contributed by atoms with Crippen LogP contribution in [0, 0.1) is 10.1 Å². The van der Waals surface area contributed by atoms with Gasteiger partial charge in [0.25, 0.3) is 5.69 Å². The molecular formula is C10H11BrN2O5S. The molecule has 0 bridgehead atoms. The molecule has 0 aromatic heterocycles. The Morgan fingerprint density at radius 2 is 2.26 bits per heavy atom. The lowest BCUT2D eigenvalue weighted by Crippen LogP contribution is -2.31. The number of rotatable bonds is 4. The van der Waals surface area contributed by atoms with Crippen LogP contribution in [0.4, 0.5) is 10.5 Å². The van der Waals surface area contributed by atoms with Crippen molar-refractivity contribution in [1.82, 2.24) is 4.72 Å². The van der Waals surface area contributed by atoms with Gasteiger partial charge in [0.1, 0.15) is 0 Å². The molecule has 104 valence electrons. The van der Waals surface area contributed by atoms with Crippen molar-refractivity contribution < 1.29 is 18.7 Å². The van der Waals surface area contributed by atoms with E-state index in [0.29, 0.717) is 0 Å². The van der Waals surface area contributed by atoms with E-state index < -0.39 is 20.7 Å². The van der Waals surface area contributed by atoms with Gasteiger partial charge in [0.15, 0.2) is 0 Å². The number of nitro groups is 1. The lowest BCUT2D eigenvalue weighted by molar-refractivity contribution is -0.385. The molecule has 1 aromatic carbocycles. The fourth-order valence-corrected chi connectivity index (χ4v) is 3.47. The zero-order valence-electron chi connectivity index (χ0n) is 9.92. The summed E-state index contributed by atoms with van der Waals surface area (Å²) in [7, 11) is -3.15. The molecule has 1 atom stereocenters. The van der Waals surface area contributed by atoms with Gasteiger partial charge in [0.2, 0.25) is 0 Å². The monoisotopic (exact) mass is 350 g/mol. The molecule has 1 aromatic rings. The van der Waals surface area contributed by atoms with Gasteiger partial charge in [-0.2, -0.15) is 0 Å². The molecule has 1 unspecified atom stereocenters. The number of non-ortho nitro benzene ring substituents is 1. The summed E-state index contributed by atoms with van der Waals surface area (Å²) in [5.41, 5.74) is -0.165. The number of ether oxygens (including phenoxy) is 1. The van der Waals surface area contributed by atoms with Gasteiger partial charge in [-0.1, -0.05) is 0 Å². The highest BCUT2D eigenvalue weighted by molar-refractivity contribution is 9.10. The highest BCUT2D eigenvalue weighted by Gasteiger charge is 2.18. The highest BCUT2D eigenvalue weighted by atomic mass is 79.9. The van der Waals surface area contributed by atoms with E-state index in [0.717, 1.165) is 0 Å². The molecule has 0 aliphatic heterocycles. The lowest BCUT2D eigenvalue weighted by atomic mass is 10.3. The van der Waals surface area contributed by atoms with Crippen LogP contribution in [-0.2, 0) is 14.4 Å². The predicted molar refractivity (Wildman–Crippen MR) is 74.5 cm³/mol. The Hall–Kier alpha value is -1.61. The van der Waals surface area contributed by atoms with Gasteiger partial charge >= 0.3 is 6.09 Å². The second kappa shape index (κ2) is 6.02. The summed E-state index contributed by atoms with van der Waals surface area (Å²) < 4.78 is 19.2. The first kappa shape index (κ1) is 15.4. The Morgan fingerprint density at radius 1 is 1.63 bits per heavy atom. The zero-order valence-corrected chi connectivity index (χ0v) is 12.3. The van der Waals surface area contributed by atoms with Crippen LogP contribution >= 0.6 is 15.9 Å². The van der Waals surface area contributed by atoms with Crippen LogP contribution in [0.25, 0.3) is 0 Å². The normalized spacial score (nSPS) is 13.4. The Balaban J connectivity index is 3.09. The summed E-state index contributed by atoms with van der Waals surface area (Å²) in [6.45, 7) is 1.73. The van der Waals surface area contributed by atoms with Crippen LogP contribution in [0.5, 0.6) is 0 Å². The Morgan fingerprint density at radius 3 is 2.74 bits per heavy atom. The van der Waals surface area contributed by atoms with Crippen molar-refractivity contribution in [3.8, 4) is 0 Å². The number of carbonyl (C=O) groups excluding carboxylic acids is 1. The Labute approximate surface area is 118 Å². The molecule has 0 radical (unpaired) electrons. The number of amides is 1. The van der Waals surface area contributed by atoms with E-state index in [1.165, 1.54) is 18.2 Å². The molecule has 0 aliphatic rings. The third-order valence-corrected chi connectivity index (χ3v) is 4.49. The number of benzene rings is 1. The minimum absolute atomic E-state index is 0.128. The summed E-state index contributed by atoms with van der Waals surface area (Å²) in [6, 6.07) is 3.63. The predicted octanol–water partition coefficient (Wildman–Crippen LogP) is 2.09. The summed E-state index contributed by atoms with van der Waals surface area (Å²) in [5.74, 6) is 3.41. The fourth-order valence-electron chi connectivity index (χ4n) is 1.22. The van der Waals surface area contributed by atoms with Crippen LogP contribution in [0.2, 0.25) is 0 Å². The van der Waals surface area contributed by atoms with Crippen LogP contribution in [0.1, 0.15) is 6.92 Å². The molecule has 9 heteroatoms. The minimum atomic E-state index is -3.15. The molecule has 0 saturated heterocycles. The van der Waals surface area contributed by atoms with Crippen molar-refractivity contribution in [2.24, 2.45) is 0 Å². The van der Waals surface area contributed by atoms with Crippen LogP contribution in [0.3, 0.4) is 0 Å². The number of nitrogens with zero attached hydrogens (tertiary/aromatic N) is 1. The van der Waals surface area contributed by atoms with E-state index in [1.807, 2.05) is 0 Å². The number of nitrogens with one attached hydrogen (secondary N) is 1. The molecule has 1 N–H and O–H groups in total. The first-order valence-corrected chi connectivity index (χ1v) is 7.55. The summed E-state index contributed by atoms with van der Waals surface area (Å²) >= 11 is 3.06. The standard InChI is InChI=1S/C10H11BrN2O5S/c1-3-18-10(14)12-19(2,17)9-5-4-7(13(15)16)6-8(9)11/h4-6H,2-3H2,1H3,(H,12,14,17). The molecule has 0 heterocycles. The van der Waals surface area contributed by atoms with E-state index in [9.17, 15) is 19.1 Å². The van der Waals surface area contributed by atoms with Gasteiger partial charge in [-0.15, -0.1) is 0 Å². The first-order chi connectivity index (χ1) is 8.77. The average Bonchev–Trinajstić information content (AvgIpc) is 2.27. The Kier molecular flexibility index (Phi) is 4.90. The van der Waals surface area contributed by atoms with Crippen molar-refractivity contribution in [3.63, 3.8) is 0 Å². The first-order valence-electron chi connectivity index (χ1n) is 5.03. The van der Waals surface area contributed by atoms with Gasteiger partial charge < -0.3 is 4.74 Å². The number of carbonyl (C=O) groups is 1. The number of nitro benzene ring substituents is 1. The lowest BCUT2D eigenvalue weighted by Gasteiger charge is -2.12. The fraction of sp³-hybridized carbons (Fsp3) is 0.200. The molecule has 7 nitrogen and oxygen atoms in total. The maximum Gasteiger partial charge on any atom is 0.418 e. The molecule has 0 saturated carbocycles. The maximum absolute atomic E-state index is 12.3. The van der Waals surface area contributed by atoms with Gasteiger partial charge in [0, 0.05) is 16.6 Å². The molecule has 1 amide bonds. The van der Waals surface area contributed by atoms with Gasteiger partial charge in [-0.25, -0.2) is 13.7 Å². The molecule has 0 fully saturated rings. The summed E-state index contributed by atoms with van der Waals surface area (Å²) in [6.07, 6.45) is -0.868. The topological polar surface area (TPSA) is 98.5 Å². The largest absolute Gasteiger partial charge is 0.449 e. The van der Waals surface area contributed by atoms with E-state index in [-0.39, 0.29) is 21.7 Å². The molecule has 0 spiro atoms. The average molecular weight is 351 g/mol. The maximum atomic E-state index is 12.3. The van der Waals surface area contributed by atoms with Crippen molar-refractivity contribution in [2.45, 2.75) is 11.8 Å². The summed E-state index contributed by atoms with van der Waals surface area (Å²) in [5, 5.41) is 10.6. The SMILES string of the molecule is C=S(=O)(NC(=O)OCC)c1ccc([N+](=O)[O-])cc1Br. The van der Waals surface area contributed by atoms with Gasteiger partial charge in [-0.3, -0.25) is 10.1 Å². The minimum Gasteiger partial charge on any atom is -0.449 e. The van der Waals surface area contributed by atoms with Crippen molar-refractivity contribution in [1.29, 1.82) is 0 Å². The van der Waals surface area contributed by atoms with E-state index in [2.05, 4.69) is 31.3 Å². The molecule has 19 heavy (non-hydrogen) atoms. The van der Waals surface area contributed by atoms with Gasteiger partial charge in [-0.05, 0) is 34.8 Å². The van der Waals surface area contributed by atoms with Crippen molar-refractivity contribution in [3.05, 3.63) is 32.8 Å². The zero-order chi connectivity index (χ0) is 14.6. The second-order valence-corrected chi connectivity index (χ2v) is 6.22. The smallest absolute Gasteiger partial charge is 0.418 e. The van der Waals surface area contributed by atoms with Crippen molar-refractivity contribution in [2.75, 3.05) is 6.61 Å². The van der Waals surface area contributed by atoms with E-state index in [1.54, 1.807) is 6.92 Å². The van der Waals surface area contributed by atoms with Gasteiger partial charge in [0.05, 0.1) is 26.1 Å². The molecule has 1 rings (SSSR count). The third kappa shape index (κ3) is 3.93. The number of hydrogen-bond donors (Lipinski definition) is 1. The van der Waals surface area contributed by atoms with Crippen LogP contribution in [0.15, 0.2) is 27.6 Å². The molecule has 0 aliphatic carbocycles. The Bertz CT molecular complexity index is 614. The van der Waals surface area contributed by atoms with Crippen LogP contribution < -0.4 is 4.72 Å². The van der Waals surface area contributed by atoms with Crippen molar-refractivity contribution >= 4 is 43.3 Å². The highest BCUT2D eigenvalue weighted by Crippen LogP contribution is 2.26. The quantitative estimate of drug-likeness (QED) is 0.509. The third-order valence-electron chi connectivity index (χ3n) is 2.01. The van der Waals surface area contributed by atoms with E-state index >= 15 is 0 Å².